The van der Waals surface area contributed by atoms with Gasteiger partial charge in [0, 0.05) is 20.8 Å². The van der Waals surface area contributed by atoms with Crippen LogP contribution in [-0.2, 0) is 5.75 Å². The lowest BCUT2D eigenvalue weighted by Gasteiger charge is -2.06. The third-order valence-electron chi connectivity index (χ3n) is 2.55. The highest BCUT2D eigenvalue weighted by Gasteiger charge is 2.01. The highest BCUT2D eigenvalue weighted by atomic mass is 79.9. The highest BCUT2D eigenvalue weighted by Crippen LogP contribution is 2.28. The Labute approximate surface area is 115 Å². The van der Waals surface area contributed by atoms with Crippen molar-refractivity contribution in [2.75, 3.05) is 5.73 Å². The van der Waals surface area contributed by atoms with Crippen LogP contribution in [0.2, 0.25) is 0 Å². The standard InChI is InChI=1S/C14H14BrNS/c1-10-4-2-3-5-14(10)17-9-11-6-7-12(15)13(16)8-11/h2-8H,9,16H2,1H3. The van der Waals surface area contributed by atoms with Crippen molar-refractivity contribution in [3.05, 3.63) is 58.1 Å². The number of benzene rings is 2. The molecule has 17 heavy (non-hydrogen) atoms. The molecule has 0 saturated carbocycles. The van der Waals surface area contributed by atoms with Crippen molar-refractivity contribution < 1.29 is 0 Å². The van der Waals surface area contributed by atoms with E-state index in [0.29, 0.717) is 0 Å². The summed E-state index contributed by atoms with van der Waals surface area (Å²) in [5.41, 5.74) is 9.23. The predicted molar refractivity (Wildman–Crippen MR) is 79.3 cm³/mol. The quantitative estimate of drug-likeness (QED) is 0.661. The van der Waals surface area contributed by atoms with Crippen molar-refractivity contribution in [1.82, 2.24) is 0 Å². The van der Waals surface area contributed by atoms with E-state index in [-0.39, 0.29) is 0 Å². The Balaban J connectivity index is 2.08. The maximum atomic E-state index is 5.86. The first kappa shape index (κ1) is 12.5. The summed E-state index contributed by atoms with van der Waals surface area (Å²) < 4.78 is 0.960. The number of anilines is 1. The van der Waals surface area contributed by atoms with Gasteiger partial charge in [-0.05, 0) is 52.2 Å². The van der Waals surface area contributed by atoms with Gasteiger partial charge in [-0.15, -0.1) is 11.8 Å². The molecule has 2 aromatic rings. The first-order chi connectivity index (χ1) is 8.16. The van der Waals surface area contributed by atoms with Crippen LogP contribution >= 0.6 is 27.7 Å². The molecule has 0 aliphatic heterocycles. The Kier molecular flexibility index (Phi) is 4.13. The molecule has 0 bridgehead atoms. The number of nitrogen functional groups attached to an aromatic ring is 1. The molecular weight excluding hydrogens is 294 g/mol. The molecule has 0 aliphatic carbocycles. The molecule has 3 heteroatoms. The van der Waals surface area contributed by atoms with Gasteiger partial charge >= 0.3 is 0 Å². The Hall–Kier alpha value is -0.930. The molecule has 0 radical (unpaired) electrons. The minimum atomic E-state index is 0.799. The summed E-state index contributed by atoms with van der Waals surface area (Å²) in [4.78, 5) is 1.33. The van der Waals surface area contributed by atoms with Crippen molar-refractivity contribution in [2.24, 2.45) is 0 Å². The normalized spacial score (nSPS) is 10.5. The van der Waals surface area contributed by atoms with E-state index in [1.54, 1.807) is 0 Å². The molecule has 0 spiro atoms. The first-order valence-corrected chi connectivity index (χ1v) is 7.17. The average Bonchev–Trinajstić information content (AvgIpc) is 2.32. The minimum absolute atomic E-state index is 0.799. The van der Waals surface area contributed by atoms with Crippen molar-refractivity contribution in [3.63, 3.8) is 0 Å². The maximum Gasteiger partial charge on any atom is 0.0461 e. The predicted octanol–water partition coefficient (Wildman–Crippen LogP) is 4.63. The maximum absolute atomic E-state index is 5.86. The van der Waals surface area contributed by atoms with Gasteiger partial charge < -0.3 is 5.73 Å². The highest BCUT2D eigenvalue weighted by molar-refractivity contribution is 9.10. The lowest BCUT2D eigenvalue weighted by atomic mass is 10.2. The molecular formula is C14H14BrNS. The number of halogens is 1. The second kappa shape index (κ2) is 5.61. The van der Waals surface area contributed by atoms with Crippen LogP contribution in [-0.4, -0.2) is 0 Å². The molecule has 88 valence electrons. The van der Waals surface area contributed by atoms with E-state index in [9.17, 15) is 0 Å². The minimum Gasteiger partial charge on any atom is -0.398 e. The molecule has 0 heterocycles. The fourth-order valence-electron chi connectivity index (χ4n) is 1.56. The van der Waals surface area contributed by atoms with Crippen LogP contribution < -0.4 is 5.73 Å². The summed E-state index contributed by atoms with van der Waals surface area (Å²) in [6.07, 6.45) is 0. The molecule has 0 atom stereocenters. The van der Waals surface area contributed by atoms with Crippen molar-refractivity contribution in [3.8, 4) is 0 Å². The summed E-state index contributed by atoms with van der Waals surface area (Å²) in [6, 6.07) is 14.6. The van der Waals surface area contributed by atoms with Gasteiger partial charge in [0.15, 0.2) is 0 Å². The Bertz CT molecular complexity index is 525. The summed E-state index contributed by atoms with van der Waals surface area (Å²) in [7, 11) is 0. The number of hydrogen-bond acceptors (Lipinski definition) is 2. The smallest absolute Gasteiger partial charge is 0.0461 e. The zero-order chi connectivity index (χ0) is 12.3. The van der Waals surface area contributed by atoms with E-state index in [1.165, 1.54) is 16.0 Å². The van der Waals surface area contributed by atoms with Crippen LogP contribution in [0.25, 0.3) is 0 Å². The second-order valence-corrected chi connectivity index (χ2v) is 5.78. The molecule has 0 aliphatic rings. The molecule has 2 N–H and O–H groups in total. The largest absolute Gasteiger partial charge is 0.398 e. The molecule has 2 rings (SSSR count). The third-order valence-corrected chi connectivity index (χ3v) is 4.52. The van der Waals surface area contributed by atoms with Gasteiger partial charge in [0.1, 0.15) is 0 Å². The molecule has 0 unspecified atom stereocenters. The van der Waals surface area contributed by atoms with Gasteiger partial charge in [-0.2, -0.15) is 0 Å². The van der Waals surface area contributed by atoms with Crippen molar-refractivity contribution >= 4 is 33.4 Å². The molecule has 0 saturated heterocycles. The van der Waals surface area contributed by atoms with E-state index >= 15 is 0 Å². The summed E-state index contributed by atoms with van der Waals surface area (Å²) in [5, 5.41) is 0. The van der Waals surface area contributed by atoms with Crippen LogP contribution in [0.3, 0.4) is 0 Å². The zero-order valence-corrected chi connectivity index (χ0v) is 12.0. The Morgan fingerprint density at radius 1 is 1.18 bits per heavy atom. The molecule has 2 aromatic carbocycles. The fraction of sp³-hybridized carbons (Fsp3) is 0.143. The van der Waals surface area contributed by atoms with Gasteiger partial charge in [0.25, 0.3) is 0 Å². The second-order valence-electron chi connectivity index (χ2n) is 3.91. The first-order valence-electron chi connectivity index (χ1n) is 5.39. The molecule has 1 nitrogen and oxygen atoms in total. The van der Waals surface area contributed by atoms with Gasteiger partial charge in [0.2, 0.25) is 0 Å². The number of rotatable bonds is 3. The van der Waals surface area contributed by atoms with E-state index in [0.717, 1.165) is 15.9 Å². The third kappa shape index (κ3) is 3.27. The van der Waals surface area contributed by atoms with Crippen LogP contribution in [0.1, 0.15) is 11.1 Å². The van der Waals surface area contributed by atoms with Gasteiger partial charge in [-0.3, -0.25) is 0 Å². The summed E-state index contributed by atoms with van der Waals surface area (Å²) >= 11 is 5.25. The summed E-state index contributed by atoms with van der Waals surface area (Å²) in [5.74, 6) is 0.947. The van der Waals surface area contributed by atoms with Crippen LogP contribution in [0.5, 0.6) is 0 Å². The number of aryl methyl sites for hydroxylation is 1. The van der Waals surface area contributed by atoms with E-state index in [2.05, 4.69) is 53.2 Å². The van der Waals surface area contributed by atoms with Crippen molar-refractivity contribution in [2.45, 2.75) is 17.6 Å². The van der Waals surface area contributed by atoms with Gasteiger partial charge in [0.05, 0.1) is 0 Å². The lowest BCUT2D eigenvalue weighted by Crippen LogP contribution is -1.89. The van der Waals surface area contributed by atoms with E-state index in [1.807, 2.05) is 23.9 Å². The number of nitrogens with two attached hydrogens (primary N) is 1. The van der Waals surface area contributed by atoms with Crippen LogP contribution in [0.15, 0.2) is 51.8 Å². The lowest BCUT2D eigenvalue weighted by molar-refractivity contribution is 1.29. The number of thioether (sulfide) groups is 1. The van der Waals surface area contributed by atoms with Gasteiger partial charge in [-0.25, -0.2) is 0 Å². The molecule has 0 aromatic heterocycles. The summed E-state index contributed by atoms with van der Waals surface area (Å²) in [6.45, 7) is 2.14. The topological polar surface area (TPSA) is 26.0 Å². The Morgan fingerprint density at radius 2 is 1.94 bits per heavy atom. The number of hydrogen-bond donors (Lipinski definition) is 1. The zero-order valence-electron chi connectivity index (χ0n) is 9.61. The van der Waals surface area contributed by atoms with E-state index in [4.69, 9.17) is 5.73 Å². The van der Waals surface area contributed by atoms with Crippen LogP contribution in [0.4, 0.5) is 5.69 Å². The van der Waals surface area contributed by atoms with E-state index < -0.39 is 0 Å². The molecule has 0 fully saturated rings. The van der Waals surface area contributed by atoms with Gasteiger partial charge in [-0.1, -0.05) is 24.3 Å². The van der Waals surface area contributed by atoms with Crippen molar-refractivity contribution in [1.29, 1.82) is 0 Å². The fourth-order valence-corrected chi connectivity index (χ4v) is 2.78. The van der Waals surface area contributed by atoms with Crippen LogP contribution in [0, 0.1) is 6.92 Å². The average molecular weight is 308 g/mol. The monoisotopic (exact) mass is 307 g/mol. The Morgan fingerprint density at radius 3 is 2.65 bits per heavy atom. The molecule has 0 amide bonds. The SMILES string of the molecule is Cc1ccccc1SCc1ccc(Br)c(N)c1.